The zero-order valence-electron chi connectivity index (χ0n) is 13.9. The summed E-state index contributed by atoms with van der Waals surface area (Å²) in [6.45, 7) is 3.81. The fourth-order valence-corrected chi connectivity index (χ4v) is 2.13. The monoisotopic (exact) mass is 357 g/mol. The summed E-state index contributed by atoms with van der Waals surface area (Å²) in [5.74, 6) is -3.10. The standard InChI is InChI=1S/C16H17ClFNO5/c1-8(9(2)16(22)24-5)15(21)19(10(3)20)13-7-14(23-4)11(17)6-12(13)18/h6-7H,1-5H3/b9-8-. The predicted molar refractivity (Wildman–Crippen MR) is 86.5 cm³/mol. The van der Waals surface area contributed by atoms with Crippen LogP contribution >= 0.6 is 11.6 Å². The quantitative estimate of drug-likeness (QED) is 0.612. The second kappa shape index (κ2) is 7.92. The van der Waals surface area contributed by atoms with Crippen LogP contribution in [0, 0.1) is 5.82 Å². The molecular weight excluding hydrogens is 341 g/mol. The lowest BCUT2D eigenvalue weighted by Crippen LogP contribution is -2.37. The van der Waals surface area contributed by atoms with E-state index in [1.165, 1.54) is 21.0 Å². The fourth-order valence-electron chi connectivity index (χ4n) is 1.90. The Labute approximate surface area is 143 Å². The lowest BCUT2D eigenvalue weighted by molar-refractivity contribution is -0.136. The van der Waals surface area contributed by atoms with E-state index in [9.17, 15) is 18.8 Å². The van der Waals surface area contributed by atoms with E-state index in [1.54, 1.807) is 0 Å². The summed E-state index contributed by atoms with van der Waals surface area (Å²) in [5.41, 5.74) is -0.369. The first-order valence-electron chi connectivity index (χ1n) is 6.79. The van der Waals surface area contributed by atoms with Gasteiger partial charge in [0.2, 0.25) is 5.91 Å². The third kappa shape index (κ3) is 3.91. The van der Waals surface area contributed by atoms with Crippen molar-refractivity contribution < 1.29 is 28.2 Å². The van der Waals surface area contributed by atoms with Gasteiger partial charge < -0.3 is 9.47 Å². The number of esters is 1. The number of anilines is 1. The molecule has 2 amide bonds. The highest BCUT2D eigenvalue weighted by atomic mass is 35.5. The Hall–Kier alpha value is -2.41. The SMILES string of the molecule is COC(=O)/C(C)=C(/C)C(=O)N(C(C)=O)c1cc(OC)c(Cl)cc1F. The molecule has 0 bridgehead atoms. The van der Waals surface area contributed by atoms with Crippen LogP contribution in [0.25, 0.3) is 0 Å². The molecule has 6 nitrogen and oxygen atoms in total. The molecule has 1 rings (SSSR count). The van der Waals surface area contributed by atoms with Crippen LogP contribution in [0.15, 0.2) is 23.3 Å². The molecule has 0 spiro atoms. The number of imide groups is 1. The number of amides is 2. The Morgan fingerprint density at radius 3 is 2.12 bits per heavy atom. The lowest BCUT2D eigenvalue weighted by Gasteiger charge is -2.21. The molecule has 0 saturated carbocycles. The maximum Gasteiger partial charge on any atom is 0.333 e. The molecule has 0 heterocycles. The van der Waals surface area contributed by atoms with Crippen LogP contribution in [0.3, 0.4) is 0 Å². The Balaban J connectivity index is 3.48. The Morgan fingerprint density at radius 1 is 1.08 bits per heavy atom. The number of ether oxygens (including phenoxy) is 2. The molecule has 24 heavy (non-hydrogen) atoms. The van der Waals surface area contributed by atoms with Crippen LogP contribution in [0.4, 0.5) is 10.1 Å². The highest BCUT2D eigenvalue weighted by Crippen LogP contribution is 2.33. The van der Waals surface area contributed by atoms with Crippen molar-refractivity contribution in [1.29, 1.82) is 0 Å². The van der Waals surface area contributed by atoms with Crippen LogP contribution in [-0.4, -0.2) is 32.0 Å². The molecule has 0 atom stereocenters. The van der Waals surface area contributed by atoms with Gasteiger partial charge in [0, 0.05) is 24.1 Å². The first kappa shape index (κ1) is 19.6. The Bertz CT molecular complexity index is 729. The smallest absolute Gasteiger partial charge is 0.333 e. The van der Waals surface area contributed by atoms with Crippen molar-refractivity contribution >= 4 is 35.1 Å². The summed E-state index contributed by atoms with van der Waals surface area (Å²) < 4.78 is 23.8. The van der Waals surface area contributed by atoms with Gasteiger partial charge in [-0.15, -0.1) is 0 Å². The fraction of sp³-hybridized carbons (Fsp3) is 0.312. The number of nitrogens with zero attached hydrogens (tertiary/aromatic N) is 1. The average molecular weight is 358 g/mol. The van der Waals surface area contributed by atoms with Gasteiger partial charge in [-0.3, -0.25) is 9.59 Å². The number of carbonyl (C=O) groups excluding carboxylic acids is 3. The Kier molecular flexibility index (Phi) is 6.48. The number of carbonyl (C=O) groups is 3. The van der Waals surface area contributed by atoms with E-state index in [2.05, 4.69) is 4.74 Å². The second-order valence-corrected chi connectivity index (χ2v) is 5.25. The highest BCUT2D eigenvalue weighted by molar-refractivity contribution is 6.32. The number of methoxy groups -OCH3 is 2. The summed E-state index contributed by atoms with van der Waals surface area (Å²) >= 11 is 5.81. The van der Waals surface area contributed by atoms with Gasteiger partial charge in [0.05, 0.1) is 24.9 Å². The van der Waals surface area contributed by atoms with E-state index < -0.39 is 23.6 Å². The van der Waals surface area contributed by atoms with Crippen molar-refractivity contribution in [2.24, 2.45) is 0 Å². The van der Waals surface area contributed by atoms with Crippen molar-refractivity contribution in [3.05, 3.63) is 34.1 Å². The third-order valence-corrected chi connectivity index (χ3v) is 3.65. The number of halogens is 2. The normalized spacial score (nSPS) is 11.5. The molecule has 0 radical (unpaired) electrons. The minimum atomic E-state index is -0.882. The summed E-state index contributed by atoms with van der Waals surface area (Å²) in [6.07, 6.45) is 0. The van der Waals surface area contributed by atoms with Crippen molar-refractivity contribution in [3.8, 4) is 5.75 Å². The van der Waals surface area contributed by atoms with Gasteiger partial charge in [0.25, 0.3) is 5.91 Å². The third-order valence-electron chi connectivity index (χ3n) is 3.36. The molecule has 0 saturated heterocycles. The van der Waals surface area contributed by atoms with E-state index in [4.69, 9.17) is 16.3 Å². The molecule has 8 heteroatoms. The van der Waals surface area contributed by atoms with Gasteiger partial charge in [-0.2, -0.15) is 0 Å². The largest absolute Gasteiger partial charge is 0.495 e. The zero-order valence-corrected chi connectivity index (χ0v) is 14.7. The average Bonchev–Trinajstić information content (AvgIpc) is 2.54. The first-order chi connectivity index (χ1) is 11.1. The molecule has 0 aliphatic heterocycles. The van der Waals surface area contributed by atoms with Crippen molar-refractivity contribution in [3.63, 3.8) is 0 Å². The van der Waals surface area contributed by atoms with Crippen molar-refractivity contribution in [2.45, 2.75) is 20.8 Å². The van der Waals surface area contributed by atoms with Crippen LogP contribution in [-0.2, 0) is 19.1 Å². The molecule has 1 aromatic rings. The molecular formula is C16H17ClFNO5. The first-order valence-corrected chi connectivity index (χ1v) is 7.17. The number of hydrogen-bond donors (Lipinski definition) is 0. The summed E-state index contributed by atoms with van der Waals surface area (Å²) in [4.78, 5) is 36.7. The van der Waals surface area contributed by atoms with Crippen molar-refractivity contribution in [2.75, 3.05) is 19.1 Å². The maximum absolute atomic E-state index is 14.2. The van der Waals surface area contributed by atoms with E-state index in [0.717, 1.165) is 26.2 Å². The zero-order chi connectivity index (χ0) is 18.6. The van der Waals surface area contributed by atoms with Gasteiger partial charge >= 0.3 is 5.97 Å². The van der Waals surface area contributed by atoms with Crippen LogP contribution in [0.5, 0.6) is 5.75 Å². The van der Waals surface area contributed by atoms with E-state index in [1.807, 2.05) is 0 Å². The van der Waals surface area contributed by atoms with Gasteiger partial charge in [0.1, 0.15) is 11.6 Å². The number of benzene rings is 1. The Morgan fingerprint density at radius 2 is 1.67 bits per heavy atom. The minimum absolute atomic E-state index is 0.00675. The molecule has 0 unspecified atom stereocenters. The molecule has 0 fully saturated rings. The maximum atomic E-state index is 14.2. The second-order valence-electron chi connectivity index (χ2n) is 4.84. The van der Waals surface area contributed by atoms with Crippen LogP contribution < -0.4 is 9.64 Å². The summed E-state index contributed by atoms with van der Waals surface area (Å²) in [6, 6.07) is 2.07. The minimum Gasteiger partial charge on any atom is -0.495 e. The van der Waals surface area contributed by atoms with E-state index in [0.29, 0.717) is 4.90 Å². The molecule has 130 valence electrons. The van der Waals surface area contributed by atoms with E-state index in [-0.39, 0.29) is 27.6 Å². The van der Waals surface area contributed by atoms with Crippen LogP contribution in [0.2, 0.25) is 5.02 Å². The lowest BCUT2D eigenvalue weighted by atomic mass is 10.1. The van der Waals surface area contributed by atoms with Gasteiger partial charge in [0.15, 0.2) is 0 Å². The number of hydrogen-bond acceptors (Lipinski definition) is 5. The summed E-state index contributed by atoms with van der Waals surface area (Å²) in [7, 11) is 2.48. The number of rotatable bonds is 4. The van der Waals surface area contributed by atoms with Gasteiger partial charge in [-0.25, -0.2) is 14.1 Å². The molecule has 1 aromatic carbocycles. The van der Waals surface area contributed by atoms with E-state index >= 15 is 0 Å². The molecule has 0 aliphatic rings. The molecule has 0 aromatic heterocycles. The summed E-state index contributed by atoms with van der Waals surface area (Å²) in [5, 5.41) is -0.00675. The molecule has 0 N–H and O–H groups in total. The predicted octanol–water partition coefficient (Wildman–Crippen LogP) is 2.88. The molecule has 0 aliphatic carbocycles. The highest BCUT2D eigenvalue weighted by Gasteiger charge is 2.28. The van der Waals surface area contributed by atoms with Gasteiger partial charge in [-0.05, 0) is 19.9 Å². The van der Waals surface area contributed by atoms with Crippen molar-refractivity contribution in [1.82, 2.24) is 0 Å². The van der Waals surface area contributed by atoms with Gasteiger partial charge in [-0.1, -0.05) is 11.6 Å². The van der Waals surface area contributed by atoms with Crippen LogP contribution in [0.1, 0.15) is 20.8 Å². The topological polar surface area (TPSA) is 72.9 Å².